The molecule has 0 saturated carbocycles. The topological polar surface area (TPSA) is 107 Å². The predicted molar refractivity (Wildman–Crippen MR) is 129 cm³/mol. The van der Waals surface area contributed by atoms with Gasteiger partial charge >= 0.3 is 6.01 Å². The Balaban J connectivity index is 1.38. The number of nitrogens with zero attached hydrogens (tertiary/aromatic N) is 6. The first-order chi connectivity index (χ1) is 17.1. The highest BCUT2D eigenvalue weighted by Gasteiger charge is 2.27. The molecule has 1 aliphatic heterocycles. The van der Waals surface area contributed by atoms with Crippen LogP contribution in [-0.2, 0) is 16.3 Å². The number of rotatable bonds is 6. The Morgan fingerprint density at radius 3 is 2.53 bits per heavy atom. The number of anilines is 1. The second-order valence-electron chi connectivity index (χ2n) is 9.41. The highest BCUT2D eigenvalue weighted by Crippen LogP contribution is 2.32. The van der Waals surface area contributed by atoms with Gasteiger partial charge in [0.15, 0.2) is 21.5 Å². The Hall–Kier alpha value is -3.41. The number of sulfone groups is 1. The molecule has 4 heterocycles. The Labute approximate surface area is 207 Å². The van der Waals surface area contributed by atoms with Crippen LogP contribution in [-0.4, -0.2) is 52.4 Å². The lowest BCUT2D eigenvalue weighted by Crippen LogP contribution is -2.34. The third kappa shape index (κ3) is 4.57. The van der Waals surface area contributed by atoms with Gasteiger partial charge in [0.25, 0.3) is 0 Å². The number of hydrogen-bond acceptors (Lipinski definition) is 8. The first-order valence-electron chi connectivity index (χ1n) is 11.7. The molecule has 12 heteroatoms. The van der Waals surface area contributed by atoms with Crippen LogP contribution in [0.3, 0.4) is 0 Å². The fraction of sp³-hybridized carbons (Fsp3) is 0.417. The van der Waals surface area contributed by atoms with Crippen LogP contribution in [0.4, 0.5) is 14.8 Å². The molecule has 0 atom stereocenters. The number of fused-ring (bicyclic) bond motifs is 1. The molecule has 0 aliphatic carbocycles. The third-order valence-electron chi connectivity index (χ3n) is 6.53. The van der Waals surface area contributed by atoms with E-state index in [0.29, 0.717) is 36.3 Å². The van der Waals surface area contributed by atoms with E-state index >= 15 is 4.39 Å². The summed E-state index contributed by atoms with van der Waals surface area (Å²) < 4.78 is 60.4. The zero-order chi connectivity index (χ0) is 25.6. The summed E-state index contributed by atoms with van der Waals surface area (Å²) in [5, 5.41) is 4.26. The van der Waals surface area contributed by atoms with Crippen LogP contribution in [0, 0.1) is 11.6 Å². The fourth-order valence-electron chi connectivity index (χ4n) is 4.52. The van der Waals surface area contributed by atoms with Crippen molar-refractivity contribution < 1.29 is 21.7 Å². The van der Waals surface area contributed by atoms with E-state index in [1.807, 2.05) is 23.3 Å². The second-order valence-corrected chi connectivity index (χ2v) is 11.4. The van der Waals surface area contributed by atoms with Gasteiger partial charge < -0.3 is 14.0 Å². The minimum absolute atomic E-state index is 0.00359. The SMILES string of the molecule is CC(C)c1noc(N2CCC(n3cc(F)c4c(Cc5ccc(S(C)(=O)=O)cc5F)ncnc43)CC2)n1. The van der Waals surface area contributed by atoms with Crippen LogP contribution in [0.1, 0.15) is 55.7 Å². The summed E-state index contributed by atoms with van der Waals surface area (Å²) in [5.74, 6) is -0.320. The van der Waals surface area contributed by atoms with Gasteiger partial charge in [-0.15, -0.1) is 0 Å². The van der Waals surface area contributed by atoms with E-state index in [1.165, 1.54) is 24.7 Å². The maximum atomic E-state index is 15.1. The molecule has 1 aromatic carbocycles. The molecular weight excluding hydrogens is 490 g/mol. The summed E-state index contributed by atoms with van der Waals surface area (Å²) in [4.78, 5) is 14.9. The van der Waals surface area contributed by atoms with Gasteiger partial charge in [0.05, 0.1) is 16.0 Å². The van der Waals surface area contributed by atoms with Crippen LogP contribution in [0.2, 0.25) is 0 Å². The largest absolute Gasteiger partial charge is 0.326 e. The second kappa shape index (κ2) is 9.23. The van der Waals surface area contributed by atoms with E-state index in [-0.39, 0.29) is 34.2 Å². The smallest absolute Gasteiger partial charge is 0.324 e. The van der Waals surface area contributed by atoms with Crippen molar-refractivity contribution in [1.82, 2.24) is 24.7 Å². The summed E-state index contributed by atoms with van der Waals surface area (Å²) in [7, 11) is -3.54. The summed E-state index contributed by atoms with van der Waals surface area (Å²) in [6, 6.07) is 4.22. The van der Waals surface area contributed by atoms with Gasteiger partial charge in [0.2, 0.25) is 0 Å². The number of benzene rings is 1. The fourth-order valence-corrected chi connectivity index (χ4v) is 5.15. The molecule has 0 unspecified atom stereocenters. The van der Waals surface area contributed by atoms with E-state index in [2.05, 4.69) is 20.1 Å². The minimum Gasteiger partial charge on any atom is -0.326 e. The molecule has 36 heavy (non-hydrogen) atoms. The lowest BCUT2D eigenvalue weighted by atomic mass is 10.0. The first-order valence-corrected chi connectivity index (χ1v) is 13.6. The van der Waals surface area contributed by atoms with Crippen LogP contribution in [0.15, 0.2) is 40.1 Å². The monoisotopic (exact) mass is 516 g/mol. The van der Waals surface area contributed by atoms with Crippen molar-refractivity contribution in [1.29, 1.82) is 0 Å². The molecule has 9 nitrogen and oxygen atoms in total. The van der Waals surface area contributed by atoms with E-state index in [4.69, 9.17) is 4.52 Å². The standard InChI is InChI=1S/C24H26F2N6O3S/c1-14(2)22-29-24(35-30-22)31-8-6-16(7-9-31)32-12-19(26)21-20(27-13-28-23(21)32)10-15-4-5-17(11-18(15)25)36(3,33)34/h4-5,11-14,16H,6-10H2,1-3H3. The van der Waals surface area contributed by atoms with Gasteiger partial charge in [-0.3, -0.25) is 0 Å². The summed E-state index contributed by atoms with van der Waals surface area (Å²) in [5.41, 5.74) is 1.01. The Morgan fingerprint density at radius 2 is 1.89 bits per heavy atom. The van der Waals surface area contributed by atoms with Crippen molar-refractivity contribution in [3.8, 4) is 0 Å². The van der Waals surface area contributed by atoms with Gasteiger partial charge in [0.1, 0.15) is 17.8 Å². The van der Waals surface area contributed by atoms with Gasteiger partial charge in [-0.05, 0) is 30.5 Å². The Bertz CT molecular complexity index is 1520. The van der Waals surface area contributed by atoms with E-state index in [9.17, 15) is 12.8 Å². The first kappa shape index (κ1) is 24.3. The molecule has 0 spiro atoms. The highest BCUT2D eigenvalue weighted by molar-refractivity contribution is 7.90. The molecule has 5 rings (SSSR count). The molecule has 1 saturated heterocycles. The average molecular weight is 517 g/mol. The summed E-state index contributed by atoms with van der Waals surface area (Å²) in [6.45, 7) is 5.34. The maximum Gasteiger partial charge on any atom is 0.324 e. The Morgan fingerprint density at radius 1 is 1.14 bits per heavy atom. The van der Waals surface area contributed by atoms with Gasteiger partial charge in [-0.1, -0.05) is 25.1 Å². The van der Waals surface area contributed by atoms with Gasteiger partial charge in [-0.2, -0.15) is 4.98 Å². The van der Waals surface area contributed by atoms with Crippen LogP contribution in [0.5, 0.6) is 0 Å². The molecule has 1 fully saturated rings. The molecule has 0 amide bonds. The number of hydrogen-bond donors (Lipinski definition) is 0. The number of halogens is 2. The van der Waals surface area contributed by atoms with Crippen molar-refractivity contribution >= 4 is 26.9 Å². The van der Waals surface area contributed by atoms with Crippen LogP contribution >= 0.6 is 0 Å². The predicted octanol–water partition coefficient (Wildman–Crippen LogP) is 4.05. The zero-order valence-corrected chi connectivity index (χ0v) is 21.0. The number of aromatic nitrogens is 5. The minimum atomic E-state index is -3.54. The molecule has 0 bridgehead atoms. The molecule has 3 aromatic heterocycles. The van der Waals surface area contributed by atoms with Crippen molar-refractivity contribution in [2.45, 2.75) is 50.0 Å². The molecule has 0 N–H and O–H groups in total. The Kier molecular flexibility index (Phi) is 6.23. The molecular formula is C24H26F2N6O3S. The zero-order valence-electron chi connectivity index (χ0n) is 20.1. The molecule has 1 aliphatic rings. The maximum absolute atomic E-state index is 15.1. The van der Waals surface area contributed by atoms with Crippen LogP contribution < -0.4 is 4.90 Å². The van der Waals surface area contributed by atoms with E-state index in [0.717, 1.165) is 25.2 Å². The van der Waals surface area contributed by atoms with Crippen LogP contribution in [0.25, 0.3) is 11.0 Å². The average Bonchev–Trinajstić information content (AvgIpc) is 3.46. The quantitative estimate of drug-likeness (QED) is 0.378. The summed E-state index contributed by atoms with van der Waals surface area (Å²) >= 11 is 0. The van der Waals surface area contributed by atoms with Gasteiger partial charge in [0, 0.05) is 43.9 Å². The van der Waals surface area contributed by atoms with Crippen molar-refractivity contribution in [3.63, 3.8) is 0 Å². The van der Waals surface area contributed by atoms with Crippen molar-refractivity contribution in [2.24, 2.45) is 0 Å². The molecule has 4 aromatic rings. The third-order valence-corrected chi connectivity index (χ3v) is 7.64. The molecule has 190 valence electrons. The molecule has 0 radical (unpaired) electrons. The van der Waals surface area contributed by atoms with Crippen molar-refractivity contribution in [3.05, 3.63) is 59.4 Å². The summed E-state index contributed by atoms with van der Waals surface area (Å²) in [6.07, 6.45) is 5.24. The van der Waals surface area contributed by atoms with Crippen molar-refractivity contribution in [2.75, 3.05) is 24.2 Å². The number of piperidine rings is 1. The van der Waals surface area contributed by atoms with Gasteiger partial charge in [-0.25, -0.2) is 27.2 Å². The lowest BCUT2D eigenvalue weighted by molar-refractivity contribution is 0.360. The highest BCUT2D eigenvalue weighted by atomic mass is 32.2. The van der Waals surface area contributed by atoms with E-state index < -0.39 is 21.5 Å². The lowest BCUT2D eigenvalue weighted by Gasteiger charge is -2.31. The van der Waals surface area contributed by atoms with E-state index in [1.54, 1.807) is 0 Å². The normalized spacial score (nSPS) is 15.3.